The van der Waals surface area contributed by atoms with Crippen molar-refractivity contribution in [3.05, 3.63) is 71.7 Å². The lowest BCUT2D eigenvalue weighted by molar-refractivity contribution is 0.0746. The summed E-state index contributed by atoms with van der Waals surface area (Å²) in [5.41, 5.74) is 7.45. The second-order valence-corrected chi connectivity index (χ2v) is 6.73. The number of para-hydroxylation sites is 1. The lowest BCUT2D eigenvalue weighted by atomic mass is 10.1. The number of carbonyl (C=O) groups is 2. The van der Waals surface area contributed by atoms with E-state index < -0.39 is 11.7 Å². The van der Waals surface area contributed by atoms with Crippen molar-refractivity contribution in [1.82, 2.24) is 9.88 Å². The van der Waals surface area contributed by atoms with Crippen LogP contribution in [0.25, 0.3) is 10.9 Å². The molecule has 0 bridgehead atoms. The van der Waals surface area contributed by atoms with Gasteiger partial charge in [0.05, 0.1) is 5.56 Å². The number of halogens is 1. The summed E-state index contributed by atoms with van der Waals surface area (Å²) in [6.45, 7) is 2.49. The SMILES string of the molecule is NC(=O)c1ccc(N2CCN(C(=O)c3cnc4c(F)cccc4c3)CC2)cc1. The molecule has 142 valence electrons. The molecule has 4 rings (SSSR count). The van der Waals surface area contributed by atoms with Crippen molar-refractivity contribution in [3.63, 3.8) is 0 Å². The van der Waals surface area contributed by atoms with Gasteiger partial charge in [-0.1, -0.05) is 12.1 Å². The Kier molecular flexibility index (Phi) is 4.65. The van der Waals surface area contributed by atoms with Crippen LogP contribution in [0.15, 0.2) is 54.7 Å². The quantitative estimate of drug-likeness (QED) is 0.759. The number of nitrogens with zero attached hydrogens (tertiary/aromatic N) is 3. The van der Waals surface area contributed by atoms with Crippen LogP contribution in [0.5, 0.6) is 0 Å². The third-order valence-corrected chi connectivity index (χ3v) is 4.99. The van der Waals surface area contributed by atoms with E-state index in [0.29, 0.717) is 42.7 Å². The summed E-state index contributed by atoms with van der Waals surface area (Å²) >= 11 is 0. The standard InChI is InChI=1S/C21H19FN4O2/c22-18-3-1-2-15-12-16(13-24-19(15)18)21(28)26-10-8-25(9-11-26)17-6-4-14(5-7-17)20(23)27/h1-7,12-13H,8-11H2,(H2,23,27). The van der Waals surface area contributed by atoms with Gasteiger partial charge in [-0.15, -0.1) is 0 Å². The molecule has 6 nitrogen and oxygen atoms in total. The van der Waals surface area contributed by atoms with Crippen LogP contribution in [-0.4, -0.2) is 47.9 Å². The molecule has 1 aliphatic rings. The molecule has 2 aromatic carbocycles. The number of pyridine rings is 1. The molecule has 1 fully saturated rings. The number of rotatable bonds is 3. The molecule has 3 aromatic rings. The maximum absolute atomic E-state index is 13.8. The minimum Gasteiger partial charge on any atom is -0.368 e. The molecule has 2 N–H and O–H groups in total. The van der Waals surface area contributed by atoms with Gasteiger partial charge < -0.3 is 15.5 Å². The van der Waals surface area contributed by atoms with Gasteiger partial charge in [-0.2, -0.15) is 0 Å². The Bertz CT molecular complexity index is 1040. The van der Waals surface area contributed by atoms with E-state index in [0.717, 1.165) is 5.69 Å². The fourth-order valence-electron chi connectivity index (χ4n) is 3.43. The Morgan fingerprint density at radius 1 is 0.964 bits per heavy atom. The smallest absolute Gasteiger partial charge is 0.255 e. The topological polar surface area (TPSA) is 79.5 Å². The first-order chi connectivity index (χ1) is 13.5. The van der Waals surface area contributed by atoms with Crippen molar-refractivity contribution in [2.45, 2.75) is 0 Å². The summed E-state index contributed by atoms with van der Waals surface area (Å²) in [6.07, 6.45) is 1.43. The number of hydrogen-bond acceptors (Lipinski definition) is 4. The molecular weight excluding hydrogens is 359 g/mol. The Morgan fingerprint density at radius 3 is 2.36 bits per heavy atom. The Hall–Kier alpha value is -3.48. The molecule has 0 unspecified atom stereocenters. The molecule has 2 heterocycles. The van der Waals surface area contributed by atoms with Crippen LogP contribution in [0.4, 0.5) is 10.1 Å². The predicted molar refractivity (Wildman–Crippen MR) is 105 cm³/mol. The van der Waals surface area contributed by atoms with Crippen molar-refractivity contribution >= 4 is 28.4 Å². The predicted octanol–water partition coefficient (Wildman–Crippen LogP) is 2.44. The lowest BCUT2D eigenvalue weighted by Crippen LogP contribution is -2.48. The molecule has 0 saturated carbocycles. The number of nitrogens with two attached hydrogens (primary N) is 1. The minimum atomic E-state index is -0.453. The summed E-state index contributed by atoms with van der Waals surface area (Å²) in [5.74, 6) is -0.958. The zero-order valence-corrected chi connectivity index (χ0v) is 15.1. The highest BCUT2D eigenvalue weighted by Crippen LogP contribution is 2.20. The van der Waals surface area contributed by atoms with E-state index in [1.165, 1.54) is 12.3 Å². The van der Waals surface area contributed by atoms with Crippen molar-refractivity contribution in [3.8, 4) is 0 Å². The van der Waals surface area contributed by atoms with Gasteiger partial charge in [0.1, 0.15) is 11.3 Å². The molecule has 0 radical (unpaired) electrons. The van der Waals surface area contributed by atoms with Crippen LogP contribution >= 0.6 is 0 Å². The average Bonchev–Trinajstić information content (AvgIpc) is 2.73. The summed E-state index contributed by atoms with van der Waals surface area (Å²) in [5, 5.41) is 0.610. The summed E-state index contributed by atoms with van der Waals surface area (Å²) in [6, 6.07) is 13.5. The number of fused-ring (bicyclic) bond motifs is 1. The highest BCUT2D eigenvalue weighted by molar-refractivity contribution is 5.97. The molecule has 1 aliphatic heterocycles. The van der Waals surface area contributed by atoms with E-state index in [9.17, 15) is 14.0 Å². The highest BCUT2D eigenvalue weighted by atomic mass is 19.1. The number of aromatic nitrogens is 1. The average molecular weight is 378 g/mol. The van der Waals surface area contributed by atoms with E-state index in [1.54, 1.807) is 35.2 Å². The van der Waals surface area contributed by atoms with Crippen molar-refractivity contribution < 1.29 is 14.0 Å². The Labute approximate surface area is 161 Å². The number of primary amides is 1. The maximum Gasteiger partial charge on any atom is 0.255 e. The van der Waals surface area contributed by atoms with Gasteiger partial charge in [0.25, 0.3) is 5.91 Å². The third-order valence-electron chi connectivity index (χ3n) is 4.99. The fraction of sp³-hybridized carbons (Fsp3) is 0.190. The number of benzene rings is 2. The maximum atomic E-state index is 13.8. The Morgan fingerprint density at radius 2 is 1.68 bits per heavy atom. The van der Waals surface area contributed by atoms with Crippen LogP contribution < -0.4 is 10.6 Å². The second kappa shape index (κ2) is 7.26. The molecule has 28 heavy (non-hydrogen) atoms. The number of carbonyl (C=O) groups excluding carboxylic acids is 2. The van der Waals surface area contributed by atoms with E-state index in [-0.39, 0.29) is 11.4 Å². The zero-order chi connectivity index (χ0) is 19.7. The molecule has 2 amide bonds. The first kappa shape index (κ1) is 17.9. The minimum absolute atomic E-state index is 0.109. The van der Waals surface area contributed by atoms with Gasteiger partial charge in [-0.05, 0) is 36.4 Å². The van der Waals surface area contributed by atoms with Crippen molar-refractivity contribution in [1.29, 1.82) is 0 Å². The fourth-order valence-corrected chi connectivity index (χ4v) is 3.43. The largest absolute Gasteiger partial charge is 0.368 e. The highest BCUT2D eigenvalue weighted by Gasteiger charge is 2.23. The van der Waals surface area contributed by atoms with Gasteiger partial charge in [0.2, 0.25) is 5.91 Å². The number of hydrogen-bond donors (Lipinski definition) is 1. The number of piperazine rings is 1. The molecular formula is C21H19FN4O2. The Balaban J connectivity index is 1.44. The first-order valence-electron chi connectivity index (χ1n) is 9.01. The molecule has 1 saturated heterocycles. The van der Waals surface area contributed by atoms with Crippen LogP contribution in [0, 0.1) is 5.82 Å². The molecule has 0 aliphatic carbocycles. The second-order valence-electron chi connectivity index (χ2n) is 6.73. The summed E-state index contributed by atoms with van der Waals surface area (Å²) < 4.78 is 13.8. The number of amides is 2. The van der Waals surface area contributed by atoms with E-state index in [4.69, 9.17) is 5.73 Å². The summed E-state index contributed by atoms with van der Waals surface area (Å²) in [7, 11) is 0. The van der Waals surface area contributed by atoms with E-state index in [2.05, 4.69) is 9.88 Å². The van der Waals surface area contributed by atoms with Gasteiger partial charge in [0.15, 0.2) is 0 Å². The molecule has 1 aromatic heterocycles. The molecule has 7 heteroatoms. The van der Waals surface area contributed by atoms with Gasteiger partial charge in [0, 0.05) is 49.0 Å². The van der Waals surface area contributed by atoms with E-state index in [1.807, 2.05) is 12.1 Å². The first-order valence-corrected chi connectivity index (χ1v) is 9.01. The van der Waals surface area contributed by atoms with Gasteiger partial charge in [-0.3, -0.25) is 14.6 Å². The van der Waals surface area contributed by atoms with Gasteiger partial charge >= 0.3 is 0 Å². The normalized spacial score (nSPS) is 14.3. The van der Waals surface area contributed by atoms with Crippen LogP contribution in [-0.2, 0) is 0 Å². The molecule has 0 spiro atoms. The van der Waals surface area contributed by atoms with Crippen molar-refractivity contribution in [2.24, 2.45) is 5.73 Å². The van der Waals surface area contributed by atoms with Crippen LogP contribution in [0.2, 0.25) is 0 Å². The van der Waals surface area contributed by atoms with Gasteiger partial charge in [-0.25, -0.2) is 4.39 Å². The van der Waals surface area contributed by atoms with Crippen molar-refractivity contribution in [2.75, 3.05) is 31.1 Å². The van der Waals surface area contributed by atoms with Crippen LogP contribution in [0.3, 0.4) is 0 Å². The lowest BCUT2D eigenvalue weighted by Gasteiger charge is -2.36. The summed E-state index contributed by atoms with van der Waals surface area (Å²) in [4.78, 5) is 32.0. The number of anilines is 1. The molecule has 0 atom stereocenters. The van der Waals surface area contributed by atoms with Crippen LogP contribution in [0.1, 0.15) is 20.7 Å². The monoisotopic (exact) mass is 378 g/mol. The van der Waals surface area contributed by atoms with E-state index >= 15 is 0 Å². The third kappa shape index (κ3) is 3.38. The zero-order valence-electron chi connectivity index (χ0n) is 15.1.